The molecule has 2 N–H and O–H groups in total. The lowest BCUT2D eigenvalue weighted by atomic mass is 10.1. The minimum Gasteiger partial charge on any atom is -0.330 e. The molecule has 2 unspecified atom stereocenters. The van der Waals surface area contributed by atoms with Gasteiger partial charge in [-0.3, -0.25) is 0 Å². The standard InChI is InChI=1S/C18H37N.C12H27O2PS2/c1-2-3-4-5-6-7-8-9-10-11-12-13-14-15-16-17-18-19;1-9(2)7-11(5)13-15(16,17)14-12(6)8-10(3)4/h9-10H,2-8,11-19H2,1H3;9-12H,7-8H2,1-6H3,(H,16,17)/b10-9-;. The second kappa shape index (κ2) is 27.2. The third-order valence-electron chi connectivity index (χ3n) is 5.95. The third-order valence-corrected chi connectivity index (χ3v) is 8.28. The first kappa shape index (κ1) is 38.8. The highest BCUT2D eigenvalue weighted by Gasteiger charge is 2.21. The van der Waals surface area contributed by atoms with Crippen LogP contribution in [0.1, 0.15) is 151 Å². The summed E-state index contributed by atoms with van der Waals surface area (Å²) in [5, 5.41) is 0. The monoisotopic (exact) mass is 565 g/mol. The van der Waals surface area contributed by atoms with Crippen LogP contribution < -0.4 is 5.73 Å². The molecular weight excluding hydrogens is 501 g/mol. The molecule has 0 aromatic carbocycles. The van der Waals surface area contributed by atoms with Crippen LogP contribution in [0, 0.1) is 11.8 Å². The van der Waals surface area contributed by atoms with Gasteiger partial charge in [-0.15, -0.1) is 0 Å². The molecule has 0 saturated carbocycles. The van der Waals surface area contributed by atoms with Gasteiger partial charge in [0.15, 0.2) is 0 Å². The lowest BCUT2D eigenvalue weighted by molar-refractivity contribution is 0.144. The lowest BCUT2D eigenvalue weighted by Crippen LogP contribution is -2.13. The van der Waals surface area contributed by atoms with Gasteiger partial charge in [-0.1, -0.05) is 117 Å². The van der Waals surface area contributed by atoms with Crippen molar-refractivity contribution in [3.8, 4) is 0 Å². The molecule has 36 heavy (non-hydrogen) atoms. The molecule has 0 heterocycles. The highest BCUT2D eigenvalue weighted by molar-refractivity contribution is 8.60. The van der Waals surface area contributed by atoms with Crippen molar-refractivity contribution in [3.05, 3.63) is 12.2 Å². The SMILES string of the molecule is CC(C)CC(C)OP(=S)(S)OC(C)CC(C)C.CCCCCCCC/C=C\CCCCCCCCN. The van der Waals surface area contributed by atoms with Crippen molar-refractivity contribution in [2.24, 2.45) is 17.6 Å². The van der Waals surface area contributed by atoms with Crippen LogP contribution in [0.2, 0.25) is 0 Å². The summed E-state index contributed by atoms with van der Waals surface area (Å²) in [5.41, 5.74) is 3.08. The first-order chi connectivity index (χ1) is 17.0. The average Bonchev–Trinajstić information content (AvgIpc) is 2.74. The Labute approximate surface area is 237 Å². The van der Waals surface area contributed by atoms with E-state index in [1.54, 1.807) is 0 Å². The molecule has 0 aromatic heterocycles. The van der Waals surface area contributed by atoms with E-state index < -0.39 is 5.69 Å². The maximum absolute atomic E-state index is 5.77. The number of unbranched alkanes of at least 4 members (excludes halogenated alkanes) is 12. The van der Waals surface area contributed by atoms with Gasteiger partial charge in [0.25, 0.3) is 0 Å². The van der Waals surface area contributed by atoms with Gasteiger partial charge in [0.2, 0.25) is 5.69 Å². The lowest BCUT2D eigenvalue weighted by Gasteiger charge is -2.26. The molecule has 6 heteroatoms. The molecule has 3 nitrogen and oxygen atoms in total. The molecule has 0 rings (SSSR count). The number of nitrogens with two attached hydrogens (primary N) is 1. The van der Waals surface area contributed by atoms with Crippen LogP contribution in [0.5, 0.6) is 0 Å². The topological polar surface area (TPSA) is 44.5 Å². The Morgan fingerprint density at radius 1 is 0.667 bits per heavy atom. The van der Waals surface area contributed by atoms with Gasteiger partial charge in [0.05, 0.1) is 12.2 Å². The molecule has 0 aliphatic rings. The van der Waals surface area contributed by atoms with Crippen LogP contribution in [0.15, 0.2) is 12.2 Å². The summed E-state index contributed by atoms with van der Waals surface area (Å²) in [6, 6.07) is 0. The summed E-state index contributed by atoms with van der Waals surface area (Å²) < 4.78 is 11.5. The van der Waals surface area contributed by atoms with Gasteiger partial charge in [-0.05, 0) is 89.0 Å². The fourth-order valence-corrected chi connectivity index (χ4v) is 7.26. The van der Waals surface area contributed by atoms with Crippen LogP contribution in [-0.4, -0.2) is 18.8 Å². The first-order valence-electron chi connectivity index (χ1n) is 15.1. The Bertz CT molecular complexity index is 507. The molecule has 0 aliphatic carbocycles. The summed E-state index contributed by atoms with van der Waals surface area (Å²) in [7, 11) is 0. The van der Waals surface area contributed by atoms with E-state index in [4.69, 9.17) is 26.6 Å². The zero-order valence-electron chi connectivity index (χ0n) is 25.2. The Morgan fingerprint density at radius 3 is 1.39 bits per heavy atom. The normalized spacial score (nSPS) is 15.2. The largest absolute Gasteiger partial charge is 0.330 e. The second-order valence-corrected chi connectivity index (χ2v) is 16.5. The van der Waals surface area contributed by atoms with Crippen molar-refractivity contribution >= 4 is 29.7 Å². The fraction of sp³-hybridized carbons (Fsp3) is 0.933. The number of allylic oxidation sites excluding steroid dienone is 2. The molecule has 0 amide bonds. The van der Waals surface area contributed by atoms with Crippen molar-refractivity contribution in [2.45, 2.75) is 163 Å². The molecule has 0 spiro atoms. The van der Waals surface area contributed by atoms with E-state index in [9.17, 15) is 0 Å². The molecule has 0 saturated heterocycles. The predicted molar refractivity (Wildman–Crippen MR) is 172 cm³/mol. The summed E-state index contributed by atoms with van der Waals surface area (Å²) in [6.07, 6.45) is 26.1. The van der Waals surface area contributed by atoms with Gasteiger partial charge in [-0.2, -0.15) is 0 Å². The Morgan fingerprint density at radius 2 is 1.03 bits per heavy atom. The van der Waals surface area contributed by atoms with Gasteiger partial charge < -0.3 is 14.8 Å². The van der Waals surface area contributed by atoms with Gasteiger partial charge >= 0.3 is 0 Å². The van der Waals surface area contributed by atoms with E-state index in [1.165, 1.54) is 89.9 Å². The first-order valence-corrected chi connectivity index (χ1v) is 18.9. The Hall–Kier alpha value is 0.620. The smallest absolute Gasteiger partial charge is 0.244 e. The molecule has 2 atom stereocenters. The van der Waals surface area contributed by atoms with E-state index in [0.717, 1.165) is 19.4 Å². The molecular formula is C30H64NO2PS2. The molecule has 0 aliphatic heterocycles. The highest BCUT2D eigenvalue weighted by atomic mass is 32.9. The Balaban J connectivity index is 0. The van der Waals surface area contributed by atoms with Crippen LogP contribution in [0.3, 0.4) is 0 Å². The fourth-order valence-electron chi connectivity index (χ4n) is 4.29. The molecule has 218 valence electrons. The van der Waals surface area contributed by atoms with Gasteiger partial charge in [0, 0.05) is 0 Å². The Kier molecular flexibility index (Phi) is 29.3. The van der Waals surface area contributed by atoms with Crippen molar-refractivity contribution in [2.75, 3.05) is 6.54 Å². The summed E-state index contributed by atoms with van der Waals surface area (Å²) in [5.74, 6) is 1.20. The predicted octanol–water partition coefficient (Wildman–Crippen LogP) is 11.0. The third kappa shape index (κ3) is 32.6. The summed E-state index contributed by atoms with van der Waals surface area (Å²) in [6.45, 7) is 15.9. The van der Waals surface area contributed by atoms with Crippen LogP contribution in [-0.2, 0) is 20.9 Å². The number of thiol groups is 1. The maximum atomic E-state index is 5.77. The minimum atomic E-state index is -2.39. The van der Waals surface area contributed by atoms with E-state index in [-0.39, 0.29) is 12.2 Å². The number of hydrogen-bond acceptors (Lipinski definition) is 4. The summed E-state index contributed by atoms with van der Waals surface area (Å²) >= 11 is 9.72. The van der Waals surface area contributed by atoms with Crippen LogP contribution >= 0.6 is 17.9 Å². The average molecular weight is 566 g/mol. The zero-order valence-corrected chi connectivity index (χ0v) is 27.8. The van der Waals surface area contributed by atoms with E-state index in [1.807, 2.05) is 13.8 Å². The molecule has 0 radical (unpaired) electrons. The molecule has 0 aromatic rings. The quantitative estimate of drug-likeness (QED) is 0.0559. The van der Waals surface area contributed by atoms with Gasteiger partial charge in [0.1, 0.15) is 0 Å². The maximum Gasteiger partial charge on any atom is 0.244 e. The molecule has 0 fully saturated rings. The second-order valence-electron chi connectivity index (χ2n) is 11.3. The molecule has 0 bridgehead atoms. The number of rotatable bonds is 23. The highest BCUT2D eigenvalue weighted by Crippen LogP contribution is 2.56. The van der Waals surface area contributed by atoms with Gasteiger partial charge in [-0.25, -0.2) is 0 Å². The zero-order chi connectivity index (χ0) is 27.7. The number of hydrogen-bond donors (Lipinski definition) is 2. The van der Waals surface area contributed by atoms with E-state index in [2.05, 4.69) is 59.0 Å². The van der Waals surface area contributed by atoms with E-state index in [0.29, 0.717) is 11.8 Å². The van der Waals surface area contributed by atoms with Crippen molar-refractivity contribution in [1.82, 2.24) is 0 Å². The van der Waals surface area contributed by atoms with Crippen molar-refractivity contribution < 1.29 is 9.05 Å². The van der Waals surface area contributed by atoms with Crippen LogP contribution in [0.4, 0.5) is 0 Å². The van der Waals surface area contributed by atoms with Crippen molar-refractivity contribution in [1.29, 1.82) is 0 Å². The summed E-state index contributed by atoms with van der Waals surface area (Å²) in [4.78, 5) is 0. The van der Waals surface area contributed by atoms with Crippen LogP contribution in [0.25, 0.3) is 0 Å². The minimum absolute atomic E-state index is 0.115. The van der Waals surface area contributed by atoms with E-state index >= 15 is 0 Å². The van der Waals surface area contributed by atoms with Crippen molar-refractivity contribution in [3.63, 3.8) is 0 Å².